The molecule has 2 aliphatic carbocycles. The second kappa shape index (κ2) is 6.67. The molecular formula is C18H26O4. The Bertz CT molecular complexity index is 495. The third-order valence-electron chi connectivity index (χ3n) is 4.65. The number of aliphatic hydroxyl groups is 2. The highest BCUT2D eigenvalue weighted by Crippen LogP contribution is 2.39. The molecule has 2 N–H and O–H groups in total. The zero-order valence-electron chi connectivity index (χ0n) is 13.7. The van der Waals surface area contributed by atoms with Gasteiger partial charge in [-0.3, -0.25) is 9.59 Å². The van der Waals surface area contributed by atoms with Gasteiger partial charge in [0.25, 0.3) is 0 Å². The van der Waals surface area contributed by atoms with Crippen LogP contribution >= 0.6 is 0 Å². The fourth-order valence-corrected chi connectivity index (χ4v) is 3.71. The Morgan fingerprint density at radius 3 is 1.64 bits per heavy atom. The lowest BCUT2D eigenvalue weighted by Crippen LogP contribution is -2.30. The van der Waals surface area contributed by atoms with Crippen molar-refractivity contribution < 1.29 is 19.8 Å². The minimum atomic E-state index is -0.454. The Morgan fingerprint density at radius 2 is 1.32 bits per heavy atom. The molecule has 0 radical (unpaired) electrons. The van der Waals surface area contributed by atoms with E-state index < -0.39 is 5.92 Å². The van der Waals surface area contributed by atoms with Gasteiger partial charge in [-0.15, -0.1) is 0 Å². The van der Waals surface area contributed by atoms with Gasteiger partial charge in [0.2, 0.25) is 0 Å². The predicted octanol–water partition coefficient (Wildman–Crippen LogP) is 4.02. The van der Waals surface area contributed by atoms with Crippen LogP contribution in [0.3, 0.4) is 0 Å². The SMILES string of the molecule is CCCC(C1=C(O)CC(C)CC1=O)C1=C(O)CC(C)CC1=O. The van der Waals surface area contributed by atoms with E-state index in [9.17, 15) is 19.8 Å². The molecule has 4 heteroatoms. The molecule has 122 valence electrons. The van der Waals surface area contributed by atoms with Gasteiger partial charge in [-0.25, -0.2) is 0 Å². The van der Waals surface area contributed by atoms with Crippen LogP contribution in [0.15, 0.2) is 22.7 Å². The maximum Gasteiger partial charge on any atom is 0.163 e. The smallest absolute Gasteiger partial charge is 0.163 e. The molecule has 0 fully saturated rings. The molecule has 0 spiro atoms. The van der Waals surface area contributed by atoms with Gasteiger partial charge >= 0.3 is 0 Å². The van der Waals surface area contributed by atoms with Crippen molar-refractivity contribution in [2.24, 2.45) is 17.8 Å². The first-order valence-corrected chi connectivity index (χ1v) is 8.25. The van der Waals surface area contributed by atoms with Crippen molar-refractivity contribution >= 4 is 11.6 Å². The van der Waals surface area contributed by atoms with Gasteiger partial charge < -0.3 is 10.2 Å². The summed E-state index contributed by atoms with van der Waals surface area (Å²) in [6.07, 6.45) is 3.12. The molecule has 4 nitrogen and oxygen atoms in total. The Labute approximate surface area is 131 Å². The maximum atomic E-state index is 12.4. The number of carbonyl (C=O) groups excluding carboxylic acids is 2. The van der Waals surface area contributed by atoms with Crippen molar-refractivity contribution in [3.8, 4) is 0 Å². The fraction of sp³-hybridized carbons (Fsp3) is 0.667. The number of aliphatic hydroxyl groups excluding tert-OH is 2. The lowest BCUT2D eigenvalue weighted by Gasteiger charge is -2.30. The first-order chi connectivity index (χ1) is 10.3. The Balaban J connectivity index is 2.47. The monoisotopic (exact) mass is 306 g/mol. The molecule has 2 unspecified atom stereocenters. The number of Topliss-reactive ketones (excluding diaryl/α,β-unsaturated/α-hetero) is 2. The topological polar surface area (TPSA) is 74.6 Å². The van der Waals surface area contributed by atoms with Crippen molar-refractivity contribution in [1.29, 1.82) is 0 Å². The maximum absolute atomic E-state index is 12.4. The molecule has 0 aromatic heterocycles. The summed E-state index contributed by atoms with van der Waals surface area (Å²) in [5.41, 5.74) is 0.730. The highest BCUT2D eigenvalue weighted by molar-refractivity contribution is 6.03. The van der Waals surface area contributed by atoms with Gasteiger partial charge in [-0.05, 0) is 18.3 Å². The Kier molecular flexibility index (Phi) is 5.09. The van der Waals surface area contributed by atoms with Crippen LogP contribution in [-0.4, -0.2) is 21.8 Å². The van der Waals surface area contributed by atoms with Gasteiger partial charge in [0, 0.05) is 42.7 Å². The predicted molar refractivity (Wildman–Crippen MR) is 84.5 cm³/mol. The van der Waals surface area contributed by atoms with E-state index in [1.165, 1.54) is 0 Å². The second-order valence-corrected chi connectivity index (χ2v) is 6.94. The fourth-order valence-electron chi connectivity index (χ4n) is 3.71. The van der Waals surface area contributed by atoms with Crippen molar-refractivity contribution in [1.82, 2.24) is 0 Å². The van der Waals surface area contributed by atoms with E-state index in [4.69, 9.17) is 0 Å². The minimum Gasteiger partial charge on any atom is -0.512 e. The van der Waals surface area contributed by atoms with Crippen LogP contribution in [-0.2, 0) is 9.59 Å². The summed E-state index contributed by atoms with van der Waals surface area (Å²) in [5, 5.41) is 20.6. The molecule has 0 bridgehead atoms. The first kappa shape index (κ1) is 16.8. The van der Waals surface area contributed by atoms with Crippen LogP contribution in [0.25, 0.3) is 0 Å². The molecule has 2 rings (SSSR count). The van der Waals surface area contributed by atoms with E-state index in [1.807, 2.05) is 20.8 Å². The summed E-state index contributed by atoms with van der Waals surface area (Å²) in [7, 11) is 0. The molecule has 0 saturated carbocycles. The third kappa shape index (κ3) is 3.26. The van der Waals surface area contributed by atoms with E-state index in [0.717, 1.165) is 6.42 Å². The number of hydrogen-bond acceptors (Lipinski definition) is 4. The summed E-state index contributed by atoms with van der Waals surface area (Å²) >= 11 is 0. The van der Waals surface area contributed by atoms with Crippen LogP contribution in [0.2, 0.25) is 0 Å². The third-order valence-corrected chi connectivity index (χ3v) is 4.65. The number of rotatable bonds is 4. The van der Waals surface area contributed by atoms with Crippen LogP contribution in [0.5, 0.6) is 0 Å². The molecule has 2 atom stereocenters. The summed E-state index contributed by atoms with van der Waals surface area (Å²) in [4.78, 5) is 24.8. The van der Waals surface area contributed by atoms with Crippen molar-refractivity contribution in [3.63, 3.8) is 0 Å². The molecule has 0 aliphatic heterocycles. The Hall–Kier alpha value is -1.58. The molecular weight excluding hydrogens is 280 g/mol. The molecule has 0 aromatic carbocycles. The van der Waals surface area contributed by atoms with Gasteiger partial charge in [0.1, 0.15) is 0 Å². The average Bonchev–Trinajstić information content (AvgIpc) is 2.36. The quantitative estimate of drug-likeness (QED) is 0.822. The normalized spacial score (nSPS) is 28.3. The van der Waals surface area contributed by atoms with E-state index in [0.29, 0.717) is 43.3 Å². The van der Waals surface area contributed by atoms with Gasteiger partial charge in [0.15, 0.2) is 11.6 Å². The van der Waals surface area contributed by atoms with Gasteiger partial charge in [-0.1, -0.05) is 27.2 Å². The molecule has 0 aromatic rings. The molecule has 2 aliphatic rings. The average molecular weight is 306 g/mol. The van der Waals surface area contributed by atoms with Crippen LogP contribution in [0.4, 0.5) is 0 Å². The van der Waals surface area contributed by atoms with E-state index >= 15 is 0 Å². The molecule has 22 heavy (non-hydrogen) atoms. The zero-order valence-corrected chi connectivity index (χ0v) is 13.7. The number of ketones is 2. The van der Waals surface area contributed by atoms with Crippen molar-refractivity contribution in [2.45, 2.75) is 59.3 Å². The number of carbonyl (C=O) groups is 2. The first-order valence-electron chi connectivity index (χ1n) is 8.25. The van der Waals surface area contributed by atoms with Gasteiger partial charge in [-0.2, -0.15) is 0 Å². The summed E-state index contributed by atoms with van der Waals surface area (Å²) in [6, 6.07) is 0. The van der Waals surface area contributed by atoms with Crippen molar-refractivity contribution in [2.75, 3.05) is 0 Å². The lowest BCUT2D eigenvalue weighted by molar-refractivity contribution is -0.118. The zero-order chi connectivity index (χ0) is 16.4. The molecule has 0 heterocycles. The number of allylic oxidation sites excluding steroid dienone is 4. The highest BCUT2D eigenvalue weighted by Gasteiger charge is 2.37. The Morgan fingerprint density at radius 1 is 0.909 bits per heavy atom. The lowest BCUT2D eigenvalue weighted by atomic mass is 9.73. The van der Waals surface area contributed by atoms with E-state index in [1.54, 1.807) is 0 Å². The summed E-state index contributed by atoms with van der Waals surface area (Å²) in [6.45, 7) is 5.85. The molecule has 0 saturated heterocycles. The van der Waals surface area contributed by atoms with Crippen LogP contribution < -0.4 is 0 Å². The number of hydrogen-bond donors (Lipinski definition) is 2. The van der Waals surface area contributed by atoms with E-state index in [-0.39, 0.29) is 34.9 Å². The van der Waals surface area contributed by atoms with Crippen LogP contribution in [0, 0.1) is 17.8 Å². The summed E-state index contributed by atoms with van der Waals surface area (Å²) in [5.74, 6) is -0.151. The second-order valence-electron chi connectivity index (χ2n) is 6.94. The standard InChI is InChI=1S/C18H26O4/c1-4-5-12(17-13(19)6-10(2)7-14(17)20)18-15(21)8-11(3)9-16(18)22/h10-12,19,21H,4-9H2,1-3H3. The van der Waals surface area contributed by atoms with E-state index in [2.05, 4.69) is 0 Å². The molecule has 0 amide bonds. The summed E-state index contributed by atoms with van der Waals surface area (Å²) < 4.78 is 0. The van der Waals surface area contributed by atoms with Gasteiger partial charge in [0.05, 0.1) is 11.5 Å². The van der Waals surface area contributed by atoms with Crippen LogP contribution in [0.1, 0.15) is 59.3 Å². The van der Waals surface area contributed by atoms with Crippen molar-refractivity contribution in [3.05, 3.63) is 22.7 Å². The minimum absolute atomic E-state index is 0.0820. The highest BCUT2D eigenvalue weighted by atomic mass is 16.3. The largest absolute Gasteiger partial charge is 0.512 e.